The van der Waals surface area contributed by atoms with Crippen molar-refractivity contribution in [2.75, 3.05) is 20.2 Å². The van der Waals surface area contributed by atoms with E-state index in [1.54, 1.807) is 0 Å². The summed E-state index contributed by atoms with van der Waals surface area (Å²) in [7, 11) is 1.30. The maximum atomic E-state index is 11.2. The summed E-state index contributed by atoms with van der Waals surface area (Å²) in [6.07, 6.45) is 1.25. The highest BCUT2D eigenvalue weighted by Crippen LogP contribution is 2.17. The van der Waals surface area contributed by atoms with E-state index in [0.717, 1.165) is 12.8 Å². The molecule has 1 unspecified atom stereocenters. The van der Waals surface area contributed by atoms with Gasteiger partial charge >= 0.3 is 5.97 Å². The second-order valence-electron chi connectivity index (χ2n) is 3.52. The third-order valence-corrected chi connectivity index (χ3v) is 2.17. The van der Waals surface area contributed by atoms with E-state index in [0.29, 0.717) is 6.04 Å². The minimum absolute atomic E-state index is 0.00296. The Morgan fingerprint density at radius 2 is 2.20 bits per heavy atom. The number of hydrogen-bond acceptors (Lipinski definition) is 4. The molecular weight excluding hydrogens is 200 g/mol. The average molecular weight is 216 g/mol. The molecule has 0 spiro atoms. The molecule has 1 atom stereocenters. The Labute approximate surface area is 88.0 Å². The SMILES string of the molecule is COC(CNC(=O)CNC1CC1)C(=O)O. The van der Waals surface area contributed by atoms with Crippen LogP contribution in [-0.4, -0.2) is 49.3 Å². The average Bonchev–Trinajstić information content (AvgIpc) is 2.98. The van der Waals surface area contributed by atoms with Crippen molar-refractivity contribution in [3.05, 3.63) is 0 Å². The van der Waals surface area contributed by atoms with Crippen molar-refractivity contribution in [2.24, 2.45) is 0 Å². The topological polar surface area (TPSA) is 87.7 Å². The molecule has 15 heavy (non-hydrogen) atoms. The molecule has 1 fully saturated rings. The first kappa shape index (κ1) is 11.9. The number of aliphatic carboxylic acids is 1. The quantitative estimate of drug-likeness (QED) is 0.505. The van der Waals surface area contributed by atoms with Crippen LogP contribution in [0.3, 0.4) is 0 Å². The molecule has 1 aliphatic rings. The molecule has 3 N–H and O–H groups in total. The van der Waals surface area contributed by atoms with Crippen molar-refractivity contribution in [2.45, 2.75) is 25.0 Å². The Morgan fingerprint density at radius 1 is 1.53 bits per heavy atom. The second-order valence-corrected chi connectivity index (χ2v) is 3.52. The molecule has 86 valence electrons. The van der Waals surface area contributed by atoms with Gasteiger partial charge in [0.2, 0.25) is 5.91 Å². The zero-order valence-electron chi connectivity index (χ0n) is 8.66. The molecule has 0 saturated heterocycles. The lowest BCUT2D eigenvalue weighted by atomic mass is 10.3. The fourth-order valence-corrected chi connectivity index (χ4v) is 1.06. The first-order valence-corrected chi connectivity index (χ1v) is 4.89. The lowest BCUT2D eigenvalue weighted by Crippen LogP contribution is -2.41. The molecule has 1 saturated carbocycles. The van der Waals surface area contributed by atoms with E-state index in [1.807, 2.05) is 0 Å². The van der Waals surface area contributed by atoms with Crippen LogP contribution in [0.4, 0.5) is 0 Å². The van der Waals surface area contributed by atoms with Crippen molar-refractivity contribution >= 4 is 11.9 Å². The summed E-state index contributed by atoms with van der Waals surface area (Å²) in [6, 6.07) is 0.466. The molecule has 1 aliphatic carbocycles. The highest BCUT2D eigenvalue weighted by molar-refractivity contribution is 5.79. The van der Waals surface area contributed by atoms with Crippen LogP contribution in [0.15, 0.2) is 0 Å². The number of carbonyl (C=O) groups excluding carboxylic acids is 1. The van der Waals surface area contributed by atoms with Crippen LogP contribution < -0.4 is 10.6 Å². The van der Waals surface area contributed by atoms with Gasteiger partial charge < -0.3 is 20.5 Å². The summed E-state index contributed by atoms with van der Waals surface area (Å²) in [5.41, 5.74) is 0. The molecule has 0 aromatic carbocycles. The van der Waals surface area contributed by atoms with E-state index in [4.69, 9.17) is 5.11 Å². The number of amides is 1. The van der Waals surface area contributed by atoms with Crippen LogP contribution in [0.1, 0.15) is 12.8 Å². The minimum atomic E-state index is -1.08. The summed E-state index contributed by atoms with van der Waals surface area (Å²) in [5, 5.41) is 14.1. The summed E-state index contributed by atoms with van der Waals surface area (Å²) in [5.74, 6) is -1.28. The van der Waals surface area contributed by atoms with Crippen LogP contribution in [0.2, 0.25) is 0 Å². The van der Waals surface area contributed by atoms with E-state index >= 15 is 0 Å². The molecule has 0 aromatic heterocycles. The van der Waals surface area contributed by atoms with Crippen molar-refractivity contribution in [1.29, 1.82) is 0 Å². The monoisotopic (exact) mass is 216 g/mol. The predicted molar refractivity (Wildman–Crippen MR) is 52.5 cm³/mol. The lowest BCUT2D eigenvalue weighted by molar-refractivity contribution is -0.148. The summed E-state index contributed by atoms with van der Waals surface area (Å²) < 4.78 is 4.67. The first-order valence-electron chi connectivity index (χ1n) is 4.89. The Bertz CT molecular complexity index is 240. The maximum absolute atomic E-state index is 11.2. The van der Waals surface area contributed by atoms with Gasteiger partial charge in [-0.1, -0.05) is 0 Å². The molecule has 0 bridgehead atoms. The molecule has 0 radical (unpaired) electrons. The molecule has 6 nitrogen and oxygen atoms in total. The minimum Gasteiger partial charge on any atom is -0.479 e. The Morgan fingerprint density at radius 3 is 2.67 bits per heavy atom. The zero-order chi connectivity index (χ0) is 11.3. The van der Waals surface area contributed by atoms with Crippen LogP contribution >= 0.6 is 0 Å². The van der Waals surface area contributed by atoms with Gasteiger partial charge in [-0.05, 0) is 12.8 Å². The number of carboxylic acid groups (broad SMARTS) is 1. The molecule has 0 heterocycles. The van der Waals surface area contributed by atoms with Gasteiger partial charge in [0.05, 0.1) is 13.1 Å². The van der Waals surface area contributed by atoms with Gasteiger partial charge in [-0.2, -0.15) is 0 Å². The highest BCUT2D eigenvalue weighted by Gasteiger charge is 2.22. The number of carboxylic acids is 1. The van der Waals surface area contributed by atoms with Gasteiger partial charge in [-0.25, -0.2) is 4.79 Å². The van der Waals surface area contributed by atoms with E-state index in [-0.39, 0.29) is 19.0 Å². The molecule has 0 aliphatic heterocycles. The van der Waals surface area contributed by atoms with Gasteiger partial charge in [0, 0.05) is 13.2 Å². The molecule has 1 rings (SSSR count). The number of rotatable bonds is 7. The fourth-order valence-electron chi connectivity index (χ4n) is 1.06. The number of methoxy groups -OCH3 is 1. The lowest BCUT2D eigenvalue weighted by Gasteiger charge is -2.11. The first-order chi connectivity index (χ1) is 7.13. The third kappa shape index (κ3) is 4.75. The van der Waals surface area contributed by atoms with Gasteiger partial charge in [-0.15, -0.1) is 0 Å². The zero-order valence-corrected chi connectivity index (χ0v) is 8.66. The number of carbonyl (C=O) groups is 2. The largest absolute Gasteiger partial charge is 0.479 e. The molecule has 0 aromatic rings. The van der Waals surface area contributed by atoms with Gasteiger partial charge in [0.15, 0.2) is 6.10 Å². The Balaban J connectivity index is 2.10. The summed E-state index contributed by atoms with van der Waals surface area (Å²) in [6.45, 7) is 0.234. The van der Waals surface area contributed by atoms with Gasteiger partial charge in [0.25, 0.3) is 0 Å². The van der Waals surface area contributed by atoms with Crippen LogP contribution in [0, 0.1) is 0 Å². The number of nitrogens with one attached hydrogen (secondary N) is 2. The van der Waals surface area contributed by atoms with Crippen molar-refractivity contribution in [3.8, 4) is 0 Å². The molecule has 6 heteroatoms. The number of hydrogen-bond donors (Lipinski definition) is 3. The summed E-state index contributed by atoms with van der Waals surface area (Å²) >= 11 is 0. The Kier molecular flexibility index (Phi) is 4.51. The molecular formula is C9H16N2O4. The molecule has 1 amide bonds. The normalized spacial score (nSPS) is 17.1. The standard InChI is InChI=1S/C9H16N2O4/c1-15-7(9(13)14)4-11-8(12)5-10-6-2-3-6/h6-7,10H,2-5H2,1H3,(H,11,12)(H,13,14). The number of ether oxygens (including phenoxy) is 1. The third-order valence-electron chi connectivity index (χ3n) is 2.17. The summed E-state index contributed by atoms with van der Waals surface area (Å²) in [4.78, 5) is 21.7. The van der Waals surface area contributed by atoms with Crippen LogP contribution in [0.25, 0.3) is 0 Å². The van der Waals surface area contributed by atoms with E-state index in [2.05, 4.69) is 15.4 Å². The second kappa shape index (κ2) is 5.67. The highest BCUT2D eigenvalue weighted by atomic mass is 16.5. The van der Waals surface area contributed by atoms with Crippen molar-refractivity contribution < 1.29 is 19.4 Å². The van der Waals surface area contributed by atoms with Crippen molar-refractivity contribution in [1.82, 2.24) is 10.6 Å². The van der Waals surface area contributed by atoms with E-state index in [9.17, 15) is 9.59 Å². The van der Waals surface area contributed by atoms with Crippen molar-refractivity contribution in [3.63, 3.8) is 0 Å². The van der Waals surface area contributed by atoms with E-state index in [1.165, 1.54) is 7.11 Å². The van der Waals surface area contributed by atoms with Crippen LogP contribution in [0.5, 0.6) is 0 Å². The maximum Gasteiger partial charge on any atom is 0.334 e. The fraction of sp³-hybridized carbons (Fsp3) is 0.778. The Hall–Kier alpha value is -1.14. The van der Waals surface area contributed by atoms with Gasteiger partial charge in [-0.3, -0.25) is 4.79 Å². The smallest absolute Gasteiger partial charge is 0.334 e. The van der Waals surface area contributed by atoms with E-state index < -0.39 is 12.1 Å². The van der Waals surface area contributed by atoms with Crippen LogP contribution in [-0.2, 0) is 14.3 Å². The predicted octanol–water partition coefficient (Wildman–Crippen LogP) is -1.05. The van der Waals surface area contributed by atoms with Gasteiger partial charge in [0.1, 0.15) is 0 Å².